The van der Waals surface area contributed by atoms with E-state index in [0.717, 1.165) is 16.7 Å². The van der Waals surface area contributed by atoms with E-state index in [1.54, 1.807) is 0 Å². The molecule has 1 aliphatic rings. The van der Waals surface area contributed by atoms with Crippen molar-refractivity contribution in [2.24, 2.45) is 0 Å². The average molecular weight is 253 g/mol. The second-order valence-electron chi connectivity index (χ2n) is 3.92. The Kier molecular flexibility index (Phi) is 4.28. The first-order valence-corrected chi connectivity index (χ1v) is 6.56. The Labute approximate surface area is 104 Å². The lowest BCUT2D eigenvalue weighted by molar-refractivity contribution is -0.135. The summed E-state index contributed by atoms with van der Waals surface area (Å²) in [4.78, 5) is 25.2. The van der Waals surface area contributed by atoms with Crippen LogP contribution in [-0.4, -0.2) is 43.4 Å². The third-order valence-corrected chi connectivity index (χ3v) is 3.74. The van der Waals surface area contributed by atoms with Gasteiger partial charge in [-0.25, -0.2) is 0 Å². The van der Waals surface area contributed by atoms with Gasteiger partial charge in [0.2, 0.25) is 5.91 Å². The van der Waals surface area contributed by atoms with Gasteiger partial charge in [0.25, 0.3) is 0 Å². The van der Waals surface area contributed by atoms with E-state index in [-0.39, 0.29) is 5.91 Å². The van der Waals surface area contributed by atoms with Crippen LogP contribution in [0.3, 0.4) is 0 Å². The van der Waals surface area contributed by atoms with Crippen molar-refractivity contribution in [2.45, 2.75) is 12.8 Å². The van der Waals surface area contributed by atoms with Gasteiger partial charge in [-0.2, -0.15) is 0 Å². The van der Waals surface area contributed by atoms with Gasteiger partial charge in [-0.05, 0) is 23.4 Å². The first kappa shape index (κ1) is 12.3. The smallest absolute Gasteiger partial charge is 0.223 e. The van der Waals surface area contributed by atoms with E-state index in [1.807, 2.05) is 16.3 Å². The molecule has 0 unspecified atom stereocenters. The minimum atomic E-state index is 0.149. The Balaban J connectivity index is 1.85. The fraction of sp³-hybridized carbons (Fsp3) is 0.500. The third-order valence-electron chi connectivity index (χ3n) is 2.86. The molecule has 0 atom stereocenters. The number of carbonyl (C=O) groups excluding carboxylic acids is 2. The Bertz CT molecular complexity index is 396. The number of ether oxygens (including phenoxy) is 1. The normalized spacial score (nSPS) is 15.9. The number of morpholine rings is 1. The van der Waals surface area contributed by atoms with E-state index in [2.05, 4.69) is 0 Å². The highest BCUT2D eigenvalue weighted by atomic mass is 32.1. The van der Waals surface area contributed by atoms with Gasteiger partial charge in [-0.15, -0.1) is 11.3 Å². The van der Waals surface area contributed by atoms with Crippen LogP contribution < -0.4 is 0 Å². The Morgan fingerprint density at radius 2 is 2.24 bits per heavy atom. The minimum Gasteiger partial charge on any atom is -0.378 e. The molecule has 4 nitrogen and oxygen atoms in total. The molecule has 5 heteroatoms. The lowest BCUT2D eigenvalue weighted by Crippen LogP contribution is -2.40. The molecule has 0 bridgehead atoms. The second-order valence-corrected chi connectivity index (χ2v) is 4.87. The van der Waals surface area contributed by atoms with Crippen molar-refractivity contribution < 1.29 is 14.3 Å². The lowest BCUT2D eigenvalue weighted by atomic mass is 10.1. The molecular formula is C12H15NO3S. The molecule has 0 aromatic carbocycles. The largest absolute Gasteiger partial charge is 0.378 e. The molecule has 92 valence electrons. The summed E-state index contributed by atoms with van der Waals surface area (Å²) in [5.41, 5.74) is 0.978. The van der Waals surface area contributed by atoms with Crippen molar-refractivity contribution in [3.05, 3.63) is 21.9 Å². The zero-order valence-electron chi connectivity index (χ0n) is 9.55. The standard InChI is InChI=1S/C12H15NO3S/c14-9-11-10(3-8-17-11)1-2-12(15)13-4-6-16-7-5-13/h3,8-9H,1-2,4-7H2. The van der Waals surface area contributed by atoms with E-state index < -0.39 is 0 Å². The summed E-state index contributed by atoms with van der Waals surface area (Å²) >= 11 is 1.42. The number of amides is 1. The Hall–Kier alpha value is -1.20. The summed E-state index contributed by atoms with van der Waals surface area (Å²) in [6, 6.07) is 1.92. The molecule has 1 amide bonds. The van der Waals surface area contributed by atoms with Gasteiger partial charge >= 0.3 is 0 Å². The zero-order valence-corrected chi connectivity index (χ0v) is 10.4. The Morgan fingerprint density at radius 3 is 2.94 bits per heavy atom. The van der Waals surface area contributed by atoms with E-state index >= 15 is 0 Å². The van der Waals surface area contributed by atoms with E-state index in [1.165, 1.54) is 11.3 Å². The summed E-state index contributed by atoms with van der Waals surface area (Å²) < 4.78 is 5.20. The Morgan fingerprint density at radius 1 is 1.47 bits per heavy atom. The highest BCUT2D eigenvalue weighted by Crippen LogP contribution is 2.16. The molecule has 1 aromatic heterocycles. The van der Waals surface area contributed by atoms with Crippen molar-refractivity contribution >= 4 is 23.5 Å². The molecule has 0 saturated carbocycles. The van der Waals surface area contributed by atoms with Crippen molar-refractivity contribution in [1.82, 2.24) is 4.90 Å². The summed E-state index contributed by atoms with van der Waals surface area (Å²) in [6.45, 7) is 2.62. The summed E-state index contributed by atoms with van der Waals surface area (Å²) in [5, 5.41) is 1.89. The van der Waals surface area contributed by atoms with Gasteiger partial charge in [0.1, 0.15) is 0 Å². The van der Waals surface area contributed by atoms with Crippen LogP contribution in [0.4, 0.5) is 0 Å². The van der Waals surface area contributed by atoms with Crippen molar-refractivity contribution in [2.75, 3.05) is 26.3 Å². The minimum absolute atomic E-state index is 0.149. The van der Waals surface area contributed by atoms with Crippen molar-refractivity contribution in [1.29, 1.82) is 0 Å². The van der Waals surface area contributed by atoms with Gasteiger partial charge in [0.15, 0.2) is 6.29 Å². The molecule has 1 saturated heterocycles. The van der Waals surface area contributed by atoms with Gasteiger partial charge in [0, 0.05) is 19.5 Å². The summed E-state index contributed by atoms with van der Waals surface area (Å²) in [7, 11) is 0. The number of rotatable bonds is 4. The fourth-order valence-electron chi connectivity index (χ4n) is 1.87. The average Bonchev–Trinajstić information content (AvgIpc) is 2.84. The number of hydrogen-bond acceptors (Lipinski definition) is 4. The zero-order chi connectivity index (χ0) is 12.1. The SMILES string of the molecule is O=Cc1sccc1CCC(=O)N1CCOCC1. The molecule has 0 N–H and O–H groups in total. The molecular weight excluding hydrogens is 238 g/mol. The van der Waals surface area contributed by atoms with E-state index in [4.69, 9.17) is 4.74 Å². The number of thiophene rings is 1. The second kappa shape index (κ2) is 5.93. The fourth-order valence-corrected chi connectivity index (χ4v) is 2.63. The predicted molar refractivity (Wildman–Crippen MR) is 65.4 cm³/mol. The van der Waals surface area contributed by atoms with Crippen LogP contribution in [0.5, 0.6) is 0 Å². The molecule has 17 heavy (non-hydrogen) atoms. The molecule has 2 rings (SSSR count). The quantitative estimate of drug-likeness (QED) is 0.761. The third kappa shape index (κ3) is 3.14. The maximum atomic E-state index is 11.9. The number of aryl methyl sites for hydroxylation is 1. The van der Waals surface area contributed by atoms with E-state index in [0.29, 0.717) is 39.1 Å². The van der Waals surface area contributed by atoms with Gasteiger partial charge in [-0.3, -0.25) is 9.59 Å². The summed E-state index contributed by atoms with van der Waals surface area (Å²) in [6.07, 6.45) is 1.98. The van der Waals surface area contributed by atoms with Crippen molar-refractivity contribution in [3.63, 3.8) is 0 Å². The number of hydrogen-bond donors (Lipinski definition) is 0. The first-order chi connectivity index (χ1) is 8.31. The van der Waals surface area contributed by atoms with Crippen LogP contribution in [0.1, 0.15) is 21.7 Å². The van der Waals surface area contributed by atoms with Gasteiger partial charge in [0.05, 0.1) is 18.1 Å². The van der Waals surface area contributed by atoms with Crippen LogP contribution in [-0.2, 0) is 16.0 Å². The van der Waals surface area contributed by atoms with E-state index in [9.17, 15) is 9.59 Å². The molecule has 0 aliphatic carbocycles. The molecule has 1 aromatic rings. The molecule has 0 spiro atoms. The molecule has 2 heterocycles. The molecule has 1 aliphatic heterocycles. The van der Waals surface area contributed by atoms with Gasteiger partial charge < -0.3 is 9.64 Å². The number of carbonyl (C=O) groups is 2. The first-order valence-electron chi connectivity index (χ1n) is 5.68. The number of nitrogens with zero attached hydrogens (tertiary/aromatic N) is 1. The van der Waals surface area contributed by atoms with Crippen LogP contribution in [0, 0.1) is 0 Å². The van der Waals surface area contributed by atoms with Gasteiger partial charge in [-0.1, -0.05) is 0 Å². The van der Waals surface area contributed by atoms with Crippen LogP contribution in [0.25, 0.3) is 0 Å². The molecule has 1 fully saturated rings. The maximum Gasteiger partial charge on any atom is 0.223 e. The van der Waals surface area contributed by atoms with Crippen LogP contribution in [0.2, 0.25) is 0 Å². The maximum absolute atomic E-state index is 11.9. The predicted octanol–water partition coefficient (Wildman–Crippen LogP) is 1.35. The highest BCUT2D eigenvalue weighted by Gasteiger charge is 2.16. The lowest BCUT2D eigenvalue weighted by Gasteiger charge is -2.26. The highest BCUT2D eigenvalue weighted by molar-refractivity contribution is 7.11. The monoisotopic (exact) mass is 253 g/mol. The number of aldehydes is 1. The van der Waals surface area contributed by atoms with Crippen LogP contribution in [0.15, 0.2) is 11.4 Å². The molecule has 0 radical (unpaired) electrons. The summed E-state index contributed by atoms with van der Waals surface area (Å²) in [5.74, 6) is 0.149. The van der Waals surface area contributed by atoms with Crippen LogP contribution >= 0.6 is 11.3 Å². The van der Waals surface area contributed by atoms with Crippen molar-refractivity contribution in [3.8, 4) is 0 Å². The topological polar surface area (TPSA) is 46.6 Å².